The number of hydrogen-bond acceptors (Lipinski definition) is 5. The van der Waals surface area contributed by atoms with Crippen molar-refractivity contribution < 1.29 is 22.7 Å². The van der Waals surface area contributed by atoms with Gasteiger partial charge in [-0.2, -0.15) is 13.2 Å². The summed E-state index contributed by atoms with van der Waals surface area (Å²) in [5.41, 5.74) is 3.49. The Morgan fingerprint density at radius 1 is 1.06 bits per heavy atom. The van der Waals surface area contributed by atoms with Crippen LogP contribution < -0.4 is 5.32 Å². The molecule has 0 bridgehead atoms. The molecule has 9 heteroatoms. The Kier molecular flexibility index (Phi) is 7.00. The largest absolute Gasteiger partial charge is 0.463 e. The molecular formula is C25H25F3N4O2. The van der Waals surface area contributed by atoms with E-state index in [0.717, 1.165) is 53.2 Å². The van der Waals surface area contributed by atoms with Crippen LogP contribution in [0.4, 0.5) is 13.2 Å². The normalized spacial score (nSPS) is 13.9. The molecule has 0 radical (unpaired) electrons. The summed E-state index contributed by atoms with van der Waals surface area (Å²) in [5, 5.41) is 11.5. The molecule has 0 saturated carbocycles. The Bertz CT molecular complexity index is 1170. The summed E-state index contributed by atoms with van der Waals surface area (Å²) in [7, 11) is 0. The molecule has 3 aromatic rings. The van der Waals surface area contributed by atoms with Crippen molar-refractivity contribution in [1.82, 2.24) is 20.1 Å². The standard InChI is InChI=1S/C25H25F3N4O2/c1-2-34-24(33)21-4-3-5-22(21)29-14-23-31-30-16-32(23)15-17-6-8-18(9-7-17)19-10-12-20(13-11-19)25(26,27)28/h6-13,16,29H,2-5,14-15H2,1H3. The third-order valence-corrected chi connectivity index (χ3v) is 5.75. The first-order valence-electron chi connectivity index (χ1n) is 11.1. The van der Waals surface area contributed by atoms with Crippen molar-refractivity contribution in [1.29, 1.82) is 0 Å². The van der Waals surface area contributed by atoms with Crippen LogP contribution in [0.15, 0.2) is 66.1 Å². The molecule has 6 nitrogen and oxygen atoms in total. The smallest absolute Gasteiger partial charge is 0.416 e. The van der Waals surface area contributed by atoms with Crippen LogP contribution in [0.1, 0.15) is 43.1 Å². The van der Waals surface area contributed by atoms with Crippen LogP contribution in [0.5, 0.6) is 0 Å². The van der Waals surface area contributed by atoms with Crippen molar-refractivity contribution in [2.24, 2.45) is 0 Å². The third-order valence-electron chi connectivity index (χ3n) is 5.75. The Labute approximate surface area is 195 Å². The van der Waals surface area contributed by atoms with Gasteiger partial charge in [0.15, 0.2) is 5.82 Å². The molecule has 1 heterocycles. The third kappa shape index (κ3) is 5.47. The maximum Gasteiger partial charge on any atom is 0.416 e. The number of benzene rings is 2. The van der Waals surface area contributed by atoms with Gasteiger partial charge in [-0.15, -0.1) is 10.2 Å². The predicted octanol–water partition coefficient (Wildman–Crippen LogP) is 5.10. The second-order valence-electron chi connectivity index (χ2n) is 8.03. The van der Waals surface area contributed by atoms with E-state index in [0.29, 0.717) is 31.7 Å². The molecule has 34 heavy (non-hydrogen) atoms. The van der Waals surface area contributed by atoms with Gasteiger partial charge in [0.25, 0.3) is 0 Å². The molecule has 0 spiro atoms. The molecule has 2 aromatic carbocycles. The van der Waals surface area contributed by atoms with Crippen LogP contribution >= 0.6 is 0 Å². The van der Waals surface area contributed by atoms with E-state index in [4.69, 9.17) is 4.74 Å². The number of allylic oxidation sites excluding steroid dienone is 1. The van der Waals surface area contributed by atoms with Gasteiger partial charge in [0.05, 0.1) is 30.8 Å². The molecule has 0 aliphatic heterocycles. The van der Waals surface area contributed by atoms with E-state index in [1.165, 1.54) is 12.1 Å². The molecule has 1 aliphatic carbocycles. The van der Waals surface area contributed by atoms with Gasteiger partial charge in [-0.25, -0.2) is 4.79 Å². The van der Waals surface area contributed by atoms with E-state index in [1.807, 2.05) is 28.8 Å². The van der Waals surface area contributed by atoms with E-state index < -0.39 is 11.7 Å². The second-order valence-corrected chi connectivity index (χ2v) is 8.03. The molecule has 1 aromatic heterocycles. The highest BCUT2D eigenvalue weighted by atomic mass is 19.4. The lowest BCUT2D eigenvalue weighted by Crippen LogP contribution is -2.19. The SMILES string of the molecule is CCOC(=O)C1=C(NCc2nncn2Cc2ccc(-c3ccc(C(F)(F)F)cc3)cc2)CCC1. The van der Waals surface area contributed by atoms with Crippen LogP contribution in [0.3, 0.4) is 0 Å². The first-order chi connectivity index (χ1) is 16.3. The summed E-state index contributed by atoms with van der Waals surface area (Å²) in [6.45, 7) is 3.11. The lowest BCUT2D eigenvalue weighted by molar-refractivity contribution is -0.139. The number of nitrogens with zero attached hydrogens (tertiary/aromatic N) is 3. The quantitative estimate of drug-likeness (QED) is 0.464. The summed E-state index contributed by atoms with van der Waals surface area (Å²) in [5.74, 6) is 0.464. The van der Waals surface area contributed by atoms with Crippen LogP contribution in [-0.4, -0.2) is 27.3 Å². The first kappa shape index (κ1) is 23.5. The van der Waals surface area contributed by atoms with Crippen molar-refractivity contribution in [2.75, 3.05) is 6.61 Å². The van der Waals surface area contributed by atoms with Crippen molar-refractivity contribution >= 4 is 5.97 Å². The van der Waals surface area contributed by atoms with E-state index in [2.05, 4.69) is 15.5 Å². The van der Waals surface area contributed by atoms with Crippen molar-refractivity contribution in [3.63, 3.8) is 0 Å². The van der Waals surface area contributed by atoms with E-state index in [-0.39, 0.29) is 5.97 Å². The second kappa shape index (κ2) is 10.1. The molecule has 0 amide bonds. The van der Waals surface area contributed by atoms with E-state index in [1.54, 1.807) is 13.3 Å². The zero-order chi connectivity index (χ0) is 24.1. The van der Waals surface area contributed by atoms with Gasteiger partial charge in [0.2, 0.25) is 0 Å². The average Bonchev–Trinajstić information content (AvgIpc) is 3.47. The number of carbonyl (C=O) groups excluding carboxylic acids is 1. The average molecular weight is 470 g/mol. The number of carbonyl (C=O) groups is 1. The molecule has 0 unspecified atom stereocenters. The molecule has 178 valence electrons. The Hall–Kier alpha value is -3.62. The number of hydrogen-bond donors (Lipinski definition) is 1. The highest BCUT2D eigenvalue weighted by molar-refractivity contribution is 5.89. The minimum atomic E-state index is -4.34. The van der Waals surface area contributed by atoms with E-state index >= 15 is 0 Å². The zero-order valence-electron chi connectivity index (χ0n) is 18.7. The Morgan fingerprint density at radius 3 is 2.38 bits per heavy atom. The number of halogens is 3. The maximum absolute atomic E-state index is 12.8. The summed E-state index contributed by atoms with van der Waals surface area (Å²) in [6, 6.07) is 12.8. The number of esters is 1. The number of rotatable bonds is 8. The number of ether oxygens (including phenoxy) is 1. The highest BCUT2D eigenvalue weighted by Gasteiger charge is 2.30. The van der Waals surface area contributed by atoms with Gasteiger partial charge < -0.3 is 14.6 Å². The number of nitrogens with one attached hydrogen (secondary N) is 1. The van der Waals surface area contributed by atoms with Gasteiger partial charge in [-0.05, 0) is 55.0 Å². The lowest BCUT2D eigenvalue weighted by atomic mass is 10.0. The highest BCUT2D eigenvalue weighted by Crippen LogP contribution is 2.31. The number of aromatic nitrogens is 3. The fraction of sp³-hybridized carbons (Fsp3) is 0.320. The molecule has 1 aliphatic rings. The molecule has 0 fully saturated rings. The summed E-state index contributed by atoms with van der Waals surface area (Å²) >= 11 is 0. The maximum atomic E-state index is 12.8. The monoisotopic (exact) mass is 470 g/mol. The Morgan fingerprint density at radius 2 is 1.74 bits per heavy atom. The summed E-state index contributed by atoms with van der Waals surface area (Å²) in [6.07, 6.45) is -0.278. The number of alkyl halides is 3. The van der Waals surface area contributed by atoms with Gasteiger partial charge in [-0.1, -0.05) is 36.4 Å². The first-order valence-corrected chi connectivity index (χ1v) is 11.1. The van der Waals surface area contributed by atoms with Crippen molar-refractivity contribution in [3.8, 4) is 11.1 Å². The minimum Gasteiger partial charge on any atom is -0.463 e. The molecule has 4 rings (SSSR count). The topological polar surface area (TPSA) is 69.0 Å². The molecule has 0 atom stereocenters. The van der Waals surface area contributed by atoms with Gasteiger partial charge in [0.1, 0.15) is 6.33 Å². The molecule has 1 N–H and O–H groups in total. The van der Waals surface area contributed by atoms with Crippen molar-refractivity contribution in [3.05, 3.63) is 83.1 Å². The lowest BCUT2D eigenvalue weighted by Gasteiger charge is -2.12. The molecular weight excluding hydrogens is 445 g/mol. The fourth-order valence-corrected chi connectivity index (χ4v) is 3.97. The van der Waals surface area contributed by atoms with Gasteiger partial charge in [-0.3, -0.25) is 0 Å². The molecule has 0 saturated heterocycles. The zero-order valence-corrected chi connectivity index (χ0v) is 18.7. The predicted molar refractivity (Wildman–Crippen MR) is 120 cm³/mol. The van der Waals surface area contributed by atoms with Crippen LogP contribution in [0, 0.1) is 0 Å². The van der Waals surface area contributed by atoms with Crippen LogP contribution in [0.2, 0.25) is 0 Å². The minimum absolute atomic E-state index is 0.267. The van der Waals surface area contributed by atoms with Crippen LogP contribution in [-0.2, 0) is 28.8 Å². The fourth-order valence-electron chi connectivity index (χ4n) is 3.97. The summed E-state index contributed by atoms with van der Waals surface area (Å²) < 4.78 is 45.4. The van der Waals surface area contributed by atoms with Crippen LogP contribution in [0.25, 0.3) is 11.1 Å². The van der Waals surface area contributed by atoms with E-state index in [9.17, 15) is 18.0 Å². The van der Waals surface area contributed by atoms with Gasteiger partial charge in [0, 0.05) is 5.70 Å². The van der Waals surface area contributed by atoms with Crippen molar-refractivity contribution in [2.45, 2.75) is 45.5 Å². The Balaban J connectivity index is 1.40. The summed E-state index contributed by atoms with van der Waals surface area (Å²) in [4.78, 5) is 12.1. The van der Waals surface area contributed by atoms with Gasteiger partial charge >= 0.3 is 12.1 Å².